The Morgan fingerprint density at radius 3 is 2.09 bits per heavy atom. The van der Waals surface area contributed by atoms with Crippen LogP contribution in [0.2, 0.25) is 0 Å². The average Bonchev–Trinajstić information content (AvgIpc) is 3.24. The first kappa shape index (κ1) is 21.9. The second-order valence-corrected chi connectivity index (χ2v) is 10.2. The van der Waals surface area contributed by atoms with E-state index in [-0.39, 0.29) is 0 Å². The zero-order chi connectivity index (χ0) is 23.8. The van der Waals surface area contributed by atoms with E-state index in [4.69, 9.17) is 0 Å². The number of fused-ring (bicyclic) bond motifs is 3. The molecule has 0 bridgehead atoms. The molecular formula is C34H33N. The van der Waals surface area contributed by atoms with Gasteiger partial charge in [0.2, 0.25) is 0 Å². The molecule has 1 aliphatic heterocycles. The van der Waals surface area contributed by atoms with Gasteiger partial charge in [-0.25, -0.2) is 0 Å². The van der Waals surface area contributed by atoms with Crippen molar-refractivity contribution in [1.29, 1.82) is 0 Å². The fourth-order valence-corrected chi connectivity index (χ4v) is 6.08. The molecule has 0 radical (unpaired) electrons. The fraction of sp³-hybridized carbons (Fsp3) is 0.235. The van der Waals surface area contributed by atoms with Crippen LogP contribution in [-0.4, -0.2) is 6.04 Å². The number of hydrogen-bond donors (Lipinski definition) is 0. The number of rotatable bonds is 4. The van der Waals surface area contributed by atoms with Crippen LogP contribution in [0.5, 0.6) is 0 Å². The van der Waals surface area contributed by atoms with E-state index in [9.17, 15) is 0 Å². The van der Waals surface area contributed by atoms with Crippen LogP contribution in [0, 0.1) is 13.8 Å². The molecule has 1 heteroatoms. The van der Waals surface area contributed by atoms with E-state index in [1.165, 1.54) is 76.0 Å². The summed E-state index contributed by atoms with van der Waals surface area (Å²) in [5.41, 5.74) is 12.1. The molecule has 1 aliphatic carbocycles. The highest BCUT2D eigenvalue weighted by Gasteiger charge is 2.40. The number of benzene rings is 4. The largest absolute Gasteiger partial charge is 0.338 e. The lowest BCUT2D eigenvalue weighted by Crippen LogP contribution is -2.32. The molecule has 2 atom stereocenters. The van der Waals surface area contributed by atoms with E-state index in [1.807, 2.05) is 0 Å². The van der Waals surface area contributed by atoms with Gasteiger partial charge < -0.3 is 4.90 Å². The minimum absolute atomic E-state index is 0.572. The van der Waals surface area contributed by atoms with E-state index in [1.54, 1.807) is 0 Å². The SMILES string of the molecule is Cc1ccc(N2c3ccc(C=C(c4ccccc4)c4ccccc4)cc3C3CCCCC32)cc1C. The Bertz CT molecular complexity index is 1330. The molecule has 0 amide bonds. The zero-order valence-electron chi connectivity index (χ0n) is 20.7. The smallest absolute Gasteiger partial charge is 0.0450 e. The maximum Gasteiger partial charge on any atom is 0.0450 e. The summed E-state index contributed by atoms with van der Waals surface area (Å²) in [5.74, 6) is 0.616. The summed E-state index contributed by atoms with van der Waals surface area (Å²) < 4.78 is 0. The summed E-state index contributed by atoms with van der Waals surface area (Å²) >= 11 is 0. The highest BCUT2D eigenvalue weighted by molar-refractivity contribution is 5.92. The molecule has 0 saturated heterocycles. The number of aryl methyl sites for hydroxylation is 2. The quantitative estimate of drug-likeness (QED) is 0.277. The summed E-state index contributed by atoms with van der Waals surface area (Å²) in [7, 11) is 0. The average molecular weight is 456 g/mol. The van der Waals surface area contributed by atoms with Crippen LogP contribution in [0.1, 0.15) is 65.0 Å². The Morgan fingerprint density at radius 1 is 0.714 bits per heavy atom. The molecule has 2 unspecified atom stereocenters. The van der Waals surface area contributed by atoms with Crippen LogP contribution >= 0.6 is 0 Å². The summed E-state index contributed by atoms with van der Waals surface area (Å²) in [5, 5.41) is 0. The van der Waals surface area contributed by atoms with Crippen molar-refractivity contribution in [2.75, 3.05) is 4.90 Å². The highest BCUT2D eigenvalue weighted by Crippen LogP contribution is 2.51. The topological polar surface area (TPSA) is 3.24 Å². The Balaban J connectivity index is 1.46. The van der Waals surface area contributed by atoms with Gasteiger partial charge in [0, 0.05) is 23.3 Å². The third-order valence-electron chi connectivity index (χ3n) is 8.02. The molecule has 1 heterocycles. The van der Waals surface area contributed by atoms with Gasteiger partial charge >= 0.3 is 0 Å². The van der Waals surface area contributed by atoms with Crippen LogP contribution in [0.3, 0.4) is 0 Å². The first-order valence-corrected chi connectivity index (χ1v) is 13.0. The predicted octanol–water partition coefficient (Wildman–Crippen LogP) is 9.07. The van der Waals surface area contributed by atoms with Crippen molar-refractivity contribution in [3.63, 3.8) is 0 Å². The van der Waals surface area contributed by atoms with Crippen LogP contribution in [0.25, 0.3) is 11.6 Å². The molecule has 1 nitrogen and oxygen atoms in total. The molecule has 174 valence electrons. The molecular weight excluding hydrogens is 422 g/mol. The van der Waals surface area contributed by atoms with Gasteiger partial charge in [-0.2, -0.15) is 0 Å². The van der Waals surface area contributed by atoms with Gasteiger partial charge in [-0.3, -0.25) is 0 Å². The van der Waals surface area contributed by atoms with Gasteiger partial charge in [0.05, 0.1) is 0 Å². The van der Waals surface area contributed by atoms with Crippen LogP contribution in [0.4, 0.5) is 11.4 Å². The van der Waals surface area contributed by atoms with Crippen LogP contribution in [0.15, 0.2) is 97.1 Å². The molecule has 35 heavy (non-hydrogen) atoms. The van der Waals surface area contributed by atoms with Crippen LogP contribution in [-0.2, 0) is 0 Å². The van der Waals surface area contributed by atoms with E-state index < -0.39 is 0 Å². The minimum Gasteiger partial charge on any atom is -0.338 e. The molecule has 2 aliphatic rings. The van der Waals surface area contributed by atoms with Crippen molar-refractivity contribution in [1.82, 2.24) is 0 Å². The minimum atomic E-state index is 0.572. The summed E-state index contributed by atoms with van der Waals surface area (Å²) in [6, 6.07) is 36.3. The maximum atomic E-state index is 2.65. The number of hydrogen-bond acceptors (Lipinski definition) is 1. The normalized spacial score (nSPS) is 18.6. The molecule has 1 saturated carbocycles. The molecule has 4 aromatic carbocycles. The summed E-state index contributed by atoms with van der Waals surface area (Å²) in [6.45, 7) is 4.44. The summed E-state index contributed by atoms with van der Waals surface area (Å²) in [6.07, 6.45) is 7.60. The van der Waals surface area contributed by atoms with E-state index in [2.05, 4.69) is 122 Å². The monoisotopic (exact) mass is 455 g/mol. The molecule has 0 N–H and O–H groups in total. The zero-order valence-corrected chi connectivity index (χ0v) is 20.7. The van der Waals surface area contributed by atoms with E-state index >= 15 is 0 Å². The Morgan fingerprint density at radius 2 is 1.40 bits per heavy atom. The molecule has 6 rings (SSSR count). The van der Waals surface area contributed by atoms with Gasteiger partial charge in [0.25, 0.3) is 0 Å². The van der Waals surface area contributed by atoms with E-state index in [0.29, 0.717) is 12.0 Å². The van der Waals surface area contributed by atoms with Crippen molar-refractivity contribution in [3.05, 3.63) is 130 Å². The highest BCUT2D eigenvalue weighted by atomic mass is 15.2. The Labute approximate surface area is 209 Å². The molecule has 0 aromatic heterocycles. The third kappa shape index (κ3) is 4.10. The maximum absolute atomic E-state index is 2.65. The van der Waals surface area contributed by atoms with Crippen molar-refractivity contribution >= 4 is 23.0 Å². The second-order valence-electron chi connectivity index (χ2n) is 10.2. The lowest BCUT2D eigenvalue weighted by molar-refractivity contribution is 0.402. The third-order valence-corrected chi connectivity index (χ3v) is 8.02. The van der Waals surface area contributed by atoms with Gasteiger partial charge in [-0.05, 0) is 96.0 Å². The second kappa shape index (κ2) is 9.23. The Kier molecular flexibility index (Phi) is 5.78. The lowest BCUT2D eigenvalue weighted by Gasteiger charge is -2.34. The van der Waals surface area contributed by atoms with Gasteiger partial charge in [-0.1, -0.05) is 85.6 Å². The van der Waals surface area contributed by atoms with Crippen molar-refractivity contribution < 1.29 is 0 Å². The fourth-order valence-electron chi connectivity index (χ4n) is 6.08. The first-order valence-electron chi connectivity index (χ1n) is 13.0. The molecule has 1 fully saturated rings. The number of nitrogens with zero attached hydrogens (tertiary/aromatic N) is 1. The van der Waals surface area contributed by atoms with Gasteiger partial charge in [-0.15, -0.1) is 0 Å². The molecule has 0 spiro atoms. The van der Waals surface area contributed by atoms with Crippen LogP contribution < -0.4 is 4.90 Å². The number of anilines is 2. The standard InChI is InChI=1S/C34H33N/c1-24-17-19-29(21-25(24)2)35-33-16-10-9-15-30(33)32-23-26(18-20-34(32)35)22-31(27-11-5-3-6-12-27)28-13-7-4-8-14-28/h3-8,11-14,17-23,30,33H,9-10,15-16H2,1-2H3. The predicted molar refractivity (Wildman–Crippen MR) is 149 cm³/mol. The van der Waals surface area contributed by atoms with E-state index in [0.717, 1.165) is 0 Å². The lowest BCUT2D eigenvalue weighted by atomic mass is 9.82. The Hall–Kier alpha value is -3.58. The molecule has 4 aromatic rings. The van der Waals surface area contributed by atoms with Gasteiger partial charge in [0.15, 0.2) is 0 Å². The van der Waals surface area contributed by atoms with Crippen molar-refractivity contribution in [3.8, 4) is 0 Å². The van der Waals surface area contributed by atoms with Crippen molar-refractivity contribution in [2.24, 2.45) is 0 Å². The summed E-state index contributed by atoms with van der Waals surface area (Å²) in [4.78, 5) is 2.65. The van der Waals surface area contributed by atoms with Gasteiger partial charge in [0.1, 0.15) is 0 Å². The first-order chi connectivity index (χ1) is 17.2. The van der Waals surface area contributed by atoms with Crippen molar-refractivity contribution in [2.45, 2.75) is 51.5 Å².